The number of amides is 2. The summed E-state index contributed by atoms with van der Waals surface area (Å²) in [7, 11) is 0. The summed E-state index contributed by atoms with van der Waals surface area (Å²) in [5.41, 5.74) is 5.88. The fraction of sp³-hybridized carbons (Fsp3) is 0.263. The maximum Gasteiger partial charge on any atom is 0.255 e. The van der Waals surface area contributed by atoms with Crippen LogP contribution in [0.1, 0.15) is 33.5 Å². The van der Waals surface area contributed by atoms with Crippen LogP contribution in [0.4, 0.5) is 11.4 Å². The maximum atomic E-state index is 12.6. The summed E-state index contributed by atoms with van der Waals surface area (Å²) in [5, 5.41) is 2.96. The molecule has 2 aliphatic heterocycles. The highest BCUT2D eigenvalue weighted by molar-refractivity contribution is 6.06. The van der Waals surface area contributed by atoms with Gasteiger partial charge in [-0.05, 0) is 60.7 Å². The first-order valence-electron chi connectivity index (χ1n) is 7.96. The quantitative estimate of drug-likeness (QED) is 0.927. The van der Waals surface area contributed by atoms with Crippen LogP contribution >= 0.6 is 0 Å². The van der Waals surface area contributed by atoms with E-state index >= 15 is 0 Å². The minimum atomic E-state index is -0.0926. The van der Waals surface area contributed by atoms with Crippen molar-refractivity contribution >= 4 is 23.2 Å². The van der Waals surface area contributed by atoms with Crippen molar-refractivity contribution < 1.29 is 9.59 Å². The number of aryl methyl sites for hydroxylation is 2. The van der Waals surface area contributed by atoms with Gasteiger partial charge in [-0.15, -0.1) is 0 Å². The molecule has 0 saturated carbocycles. The zero-order valence-corrected chi connectivity index (χ0v) is 13.1. The maximum absolute atomic E-state index is 12.6. The third-order valence-electron chi connectivity index (χ3n) is 4.59. The van der Waals surface area contributed by atoms with Crippen LogP contribution in [0.2, 0.25) is 0 Å². The molecule has 4 heteroatoms. The summed E-state index contributed by atoms with van der Waals surface area (Å²) in [6, 6.07) is 11.7. The van der Waals surface area contributed by atoms with E-state index in [1.54, 1.807) is 0 Å². The highest BCUT2D eigenvalue weighted by Gasteiger charge is 2.31. The average Bonchev–Trinajstić information content (AvgIpc) is 2.96. The number of carbonyl (C=O) groups is 2. The summed E-state index contributed by atoms with van der Waals surface area (Å²) in [6.45, 7) is 2.74. The molecular formula is C19H18N2O2. The van der Waals surface area contributed by atoms with Crippen molar-refractivity contribution in [1.29, 1.82) is 0 Å². The van der Waals surface area contributed by atoms with Gasteiger partial charge in [0.05, 0.1) is 5.69 Å². The van der Waals surface area contributed by atoms with Crippen LogP contribution in [0.3, 0.4) is 0 Å². The first-order chi connectivity index (χ1) is 11.1. The Morgan fingerprint density at radius 2 is 1.87 bits per heavy atom. The molecule has 0 spiro atoms. The van der Waals surface area contributed by atoms with Gasteiger partial charge in [-0.2, -0.15) is 0 Å². The van der Waals surface area contributed by atoms with Gasteiger partial charge in [0.25, 0.3) is 5.91 Å². The molecule has 0 bridgehead atoms. The zero-order valence-electron chi connectivity index (χ0n) is 13.1. The Bertz CT molecular complexity index is 826. The van der Waals surface area contributed by atoms with Crippen molar-refractivity contribution in [2.75, 3.05) is 16.8 Å². The van der Waals surface area contributed by atoms with E-state index in [1.807, 2.05) is 48.2 Å². The zero-order chi connectivity index (χ0) is 16.0. The number of hydrogen-bond donors (Lipinski definition) is 1. The van der Waals surface area contributed by atoms with Crippen molar-refractivity contribution in [3.05, 3.63) is 58.7 Å². The second-order valence-electron chi connectivity index (χ2n) is 6.26. The third-order valence-corrected chi connectivity index (χ3v) is 4.59. The predicted molar refractivity (Wildman–Crippen MR) is 90.0 cm³/mol. The van der Waals surface area contributed by atoms with Gasteiger partial charge in [0.2, 0.25) is 5.91 Å². The van der Waals surface area contributed by atoms with Crippen molar-refractivity contribution in [3.63, 3.8) is 0 Å². The monoisotopic (exact) mass is 306 g/mol. The lowest BCUT2D eigenvalue weighted by Gasteiger charge is -2.25. The Balaban J connectivity index is 1.66. The molecule has 23 heavy (non-hydrogen) atoms. The topological polar surface area (TPSA) is 49.4 Å². The van der Waals surface area contributed by atoms with Crippen LogP contribution in [-0.4, -0.2) is 18.4 Å². The summed E-state index contributed by atoms with van der Waals surface area (Å²) in [6.07, 6.45) is 2.10. The van der Waals surface area contributed by atoms with Gasteiger partial charge in [0.15, 0.2) is 0 Å². The Kier molecular flexibility index (Phi) is 3.18. The van der Waals surface area contributed by atoms with Gasteiger partial charge in [-0.3, -0.25) is 9.59 Å². The molecule has 0 fully saturated rings. The lowest BCUT2D eigenvalue weighted by atomic mass is 9.96. The number of nitrogens with zero attached hydrogens (tertiary/aromatic N) is 1. The fourth-order valence-corrected chi connectivity index (χ4v) is 3.52. The number of benzene rings is 2. The first-order valence-corrected chi connectivity index (χ1v) is 7.96. The Hall–Kier alpha value is -2.62. The molecule has 2 aromatic rings. The van der Waals surface area contributed by atoms with Gasteiger partial charge >= 0.3 is 0 Å². The molecule has 4 rings (SSSR count). The lowest BCUT2D eigenvalue weighted by molar-refractivity contribution is -0.118. The summed E-state index contributed by atoms with van der Waals surface area (Å²) < 4.78 is 0. The van der Waals surface area contributed by atoms with E-state index in [-0.39, 0.29) is 11.8 Å². The molecule has 2 amide bonds. The predicted octanol–water partition coefficient (Wildman–Crippen LogP) is 3.08. The van der Waals surface area contributed by atoms with E-state index in [9.17, 15) is 9.59 Å². The van der Waals surface area contributed by atoms with Gasteiger partial charge in [0, 0.05) is 24.2 Å². The summed E-state index contributed by atoms with van der Waals surface area (Å²) >= 11 is 0. The molecule has 0 atom stereocenters. The standard InChI is InChI=1S/C19H18N2O2/c1-12-3-2-4-16(9-12)20-19(23)15-10-13-5-6-17(22)21-8-7-14(11-15)18(13)21/h2-4,9-11H,5-8H2,1H3,(H,20,23). The van der Waals surface area contributed by atoms with Crippen LogP contribution in [0, 0.1) is 6.92 Å². The summed E-state index contributed by atoms with van der Waals surface area (Å²) in [5.74, 6) is 0.109. The van der Waals surface area contributed by atoms with Crippen LogP contribution in [0.25, 0.3) is 0 Å². The largest absolute Gasteiger partial charge is 0.322 e. The van der Waals surface area contributed by atoms with Crippen LogP contribution in [0.15, 0.2) is 36.4 Å². The van der Waals surface area contributed by atoms with E-state index in [4.69, 9.17) is 0 Å². The van der Waals surface area contributed by atoms with Crippen molar-refractivity contribution in [2.45, 2.75) is 26.2 Å². The van der Waals surface area contributed by atoms with Crippen molar-refractivity contribution in [1.82, 2.24) is 0 Å². The smallest absolute Gasteiger partial charge is 0.255 e. The van der Waals surface area contributed by atoms with Gasteiger partial charge < -0.3 is 10.2 Å². The molecule has 2 aromatic carbocycles. The van der Waals surface area contributed by atoms with Gasteiger partial charge in [-0.1, -0.05) is 12.1 Å². The Morgan fingerprint density at radius 1 is 1.09 bits per heavy atom. The normalized spacial score (nSPS) is 15.5. The molecule has 0 radical (unpaired) electrons. The van der Waals surface area contributed by atoms with E-state index in [1.165, 1.54) is 0 Å². The molecule has 1 N–H and O–H groups in total. The van der Waals surface area contributed by atoms with E-state index in [0.29, 0.717) is 12.0 Å². The molecule has 0 saturated heterocycles. The number of rotatable bonds is 2. The van der Waals surface area contributed by atoms with E-state index in [0.717, 1.165) is 47.5 Å². The molecular weight excluding hydrogens is 288 g/mol. The summed E-state index contributed by atoms with van der Waals surface area (Å²) in [4.78, 5) is 26.4. The van der Waals surface area contributed by atoms with Crippen LogP contribution in [0.5, 0.6) is 0 Å². The average molecular weight is 306 g/mol. The van der Waals surface area contributed by atoms with Gasteiger partial charge in [-0.25, -0.2) is 0 Å². The fourth-order valence-electron chi connectivity index (χ4n) is 3.52. The minimum absolute atomic E-state index is 0.0926. The second-order valence-corrected chi connectivity index (χ2v) is 6.26. The number of anilines is 2. The number of hydrogen-bond acceptors (Lipinski definition) is 2. The number of nitrogens with one attached hydrogen (secondary N) is 1. The molecule has 0 aromatic heterocycles. The Labute approximate surface area is 135 Å². The molecule has 2 heterocycles. The molecule has 4 nitrogen and oxygen atoms in total. The SMILES string of the molecule is Cc1cccc(NC(=O)c2cc3c4c(c2)CCN4C(=O)CC3)c1. The highest BCUT2D eigenvalue weighted by Crippen LogP contribution is 2.37. The first kappa shape index (κ1) is 14.0. The lowest BCUT2D eigenvalue weighted by Crippen LogP contribution is -2.33. The van der Waals surface area contributed by atoms with Crippen LogP contribution < -0.4 is 10.2 Å². The van der Waals surface area contributed by atoms with Crippen molar-refractivity contribution in [2.24, 2.45) is 0 Å². The van der Waals surface area contributed by atoms with Crippen molar-refractivity contribution in [3.8, 4) is 0 Å². The van der Waals surface area contributed by atoms with E-state index < -0.39 is 0 Å². The molecule has 0 aliphatic carbocycles. The molecule has 0 unspecified atom stereocenters. The number of carbonyl (C=O) groups excluding carboxylic acids is 2. The Morgan fingerprint density at radius 3 is 2.65 bits per heavy atom. The highest BCUT2D eigenvalue weighted by atomic mass is 16.2. The minimum Gasteiger partial charge on any atom is -0.322 e. The molecule has 2 aliphatic rings. The van der Waals surface area contributed by atoms with Crippen LogP contribution in [-0.2, 0) is 17.6 Å². The van der Waals surface area contributed by atoms with Gasteiger partial charge in [0.1, 0.15) is 0 Å². The van der Waals surface area contributed by atoms with E-state index in [2.05, 4.69) is 5.32 Å². The third kappa shape index (κ3) is 2.40. The second kappa shape index (κ2) is 5.23. The molecule has 116 valence electrons.